The number of rotatable bonds is 4. The first-order valence-corrected chi connectivity index (χ1v) is 8.20. The van der Waals surface area contributed by atoms with E-state index in [0.29, 0.717) is 13.2 Å². The number of ether oxygens (including phenoxy) is 2. The third-order valence-corrected chi connectivity index (χ3v) is 4.45. The van der Waals surface area contributed by atoms with E-state index in [0.717, 1.165) is 30.0 Å². The van der Waals surface area contributed by atoms with Crippen molar-refractivity contribution in [3.05, 3.63) is 23.8 Å². The van der Waals surface area contributed by atoms with Gasteiger partial charge in [-0.25, -0.2) is 0 Å². The van der Waals surface area contributed by atoms with Crippen molar-refractivity contribution in [2.45, 2.75) is 38.1 Å². The lowest BCUT2D eigenvalue weighted by atomic mass is 10.0. The molecular formula is C17H26N2O2. The summed E-state index contributed by atoms with van der Waals surface area (Å²) in [5.41, 5.74) is 7.51. The van der Waals surface area contributed by atoms with E-state index in [1.165, 1.54) is 38.8 Å². The lowest BCUT2D eigenvalue weighted by Gasteiger charge is -2.23. The van der Waals surface area contributed by atoms with E-state index in [9.17, 15) is 0 Å². The fourth-order valence-electron chi connectivity index (χ4n) is 3.14. The molecule has 116 valence electrons. The number of hydrogen-bond donors (Lipinski definition) is 1. The Kier molecular flexibility index (Phi) is 4.99. The highest BCUT2D eigenvalue weighted by Crippen LogP contribution is 2.32. The average molecular weight is 290 g/mol. The van der Waals surface area contributed by atoms with Crippen LogP contribution in [0.2, 0.25) is 0 Å². The third-order valence-electron chi connectivity index (χ3n) is 4.45. The van der Waals surface area contributed by atoms with Crippen LogP contribution in [0.4, 0.5) is 0 Å². The smallest absolute Gasteiger partial charge is 0.161 e. The first-order valence-electron chi connectivity index (χ1n) is 8.20. The number of hydrogen-bond acceptors (Lipinski definition) is 4. The maximum Gasteiger partial charge on any atom is 0.161 e. The van der Waals surface area contributed by atoms with Crippen molar-refractivity contribution in [1.82, 2.24) is 4.90 Å². The molecule has 0 amide bonds. The predicted octanol–water partition coefficient (Wildman–Crippen LogP) is 2.72. The number of nitrogens with zero attached hydrogens (tertiary/aromatic N) is 1. The molecule has 1 saturated heterocycles. The van der Waals surface area contributed by atoms with Crippen LogP contribution in [0, 0.1) is 0 Å². The largest absolute Gasteiger partial charge is 0.486 e. The fraction of sp³-hybridized carbons (Fsp3) is 0.647. The Morgan fingerprint density at radius 2 is 1.71 bits per heavy atom. The number of benzene rings is 1. The van der Waals surface area contributed by atoms with Crippen molar-refractivity contribution in [3.63, 3.8) is 0 Å². The van der Waals surface area contributed by atoms with E-state index >= 15 is 0 Å². The molecule has 0 bridgehead atoms. The van der Waals surface area contributed by atoms with Crippen LogP contribution in [0.15, 0.2) is 18.2 Å². The minimum absolute atomic E-state index is 0.0732. The Morgan fingerprint density at radius 1 is 1.00 bits per heavy atom. The second kappa shape index (κ2) is 7.14. The first-order chi connectivity index (χ1) is 10.3. The topological polar surface area (TPSA) is 47.7 Å². The lowest BCUT2D eigenvalue weighted by Crippen LogP contribution is -2.28. The summed E-state index contributed by atoms with van der Waals surface area (Å²) in [5, 5.41) is 0. The second-order valence-electron chi connectivity index (χ2n) is 6.05. The number of likely N-dealkylation sites (tertiary alicyclic amines) is 1. The van der Waals surface area contributed by atoms with Gasteiger partial charge in [0.1, 0.15) is 13.2 Å². The minimum atomic E-state index is 0.0732. The molecule has 1 aromatic rings. The predicted molar refractivity (Wildman–Crippen MR) is 83.9 cm³/mol. The lowest BCUT2D eigenvalue weighted by molar-refractivity contribution is 0.171. The maximum atomic E-state index is 6.36. The third kappa shape index (κ3) is 3.89. The van der Waals surface area contributed by atoms with E-state index in [1.54, 1.807) is 0 Å². The molecule has 0 saturated carbocycles. The van der Waals surface area contributed by atoms with Crippen molar-refractivity contribution in [2.24, 2.45) is 5.73 Å². The van der Waals surface area contributed by atoms with Gasteiger partial charge in [0.25, 0.3) is 0 Å². The monoisotopic (exact) mass is 290 g/mol. The molecule has 1 fully saturated rings. The first kappa shape index (κ1) is 14.7. The summed E-state index contributed by atoms with van der Waals surface area (Å²) in [6.07, 6.45) is 6.42. The molecule has 1 atom stereocenters. The van der Waals surface area contributed by atoms with Crippen molar-refractivity contribution in [3.8, 4) is 11.5 Å². The van der Waals surface area contributed by atoms with Gasteiger partial charge in [0.05, 0.1) is 0 Å². The van der Waals surface area contributed by atoms with Crippen molar-refractivity contribution >= 4 is 0 Å². The van der Waals surface area contributed by atoms with E-state index in [2.05, 4.69) is 11.0 Å². The highest BCUT2D eigenvalue weighted by Gasteiger charge is 2.16. The van der Waals surface area contributed by atoms with Crippen LogP contribution in [0.5, 0.6) is 11.5 Å². The van der Waals surface area contributed by atoms with Gasteiger partial charge in [-0.05, 0) is 56.6 Å². The van der Waals surface area contributed by atoms with Gasteiger partial charge in [0.2, 0.25) is 0 Å². The molecule has 2 aliphatic heterocycles. The molecule has 0 radical (unpaired) electrons. The van der Waals surface area contributed by atoms with Crippen LogP contribution in [-0.4, -0.2) is 37.7 Å². The summed E-state index contributed by atoms with van der Waals surface area (Å²) in [4.78, 5) is 2.56. The van der Waals surface area contributed by atoms with Crippen molar-refractivity contribution in [2.75, 3.05) is 32.8 Å². The van der Waals surface area contributed by atoms with Crippen LogP contribution in [0.3, 0.4) is 0 Å². The molecule has 3 rings (SSSR count). The summed E-state index contributed by atoms with van der Waals surface area (Å²) < 4.78 is 11.2. The van der Waals surface area contributed by atoms with Gasteiger partial charge >= 0.3 is 0 Å². The van der Waals surface area contributed by atoms with Crippen molar-refractivity contribution in [1.29, 1.82) is 0 Å². The second-order valence-corrected chi connectivity index (χ2v) is 6.05. The van der Waals surface area contributed by atoms with Gasteiger partial charge in [0.15, 0.2) is 11.5 Å². The zero-order valence-electron chi connectivity index (χ0n) is 12.7. The molecule has 1 aromatic carbocycles. The molecule has 4 nitrogen and oxygen atoms in total. The van der Waals surface area contributed by atoms with E-state index < -0.39 is 0 Å². The van der Waals surface area contributed by atoms with Crippen LogP contribution in [0.25, 0.3) is 0 Å². The Balaban J connectivity index is 1.56. The Morgan fingerprint density at radius 3 is 2.48 bits per heavy atom. The van der Waals surface area contributed by atoms with Crippen molar-refractivity contribution < 1.29 is 9.47 Å². The highest BCUT2D eigenvalue weighted by molar-refractivity contribution is 5.44. The summed E-state index contributed by atoms with van der Waals surface area (Å²) in [6.45, 7) is 4.81. The van der Waals surface area contributed by atoms with Crippen LogP contribution in [-0.2, 0) is 0 Å². The fourth-order valence-corrected chi connectivity index (χ4v) is 3.14. The number of nitrogens with two attached hydrogens (primary N) is 1. The highest BCUT2D eigenvalue weighted by atomic mass is 16.6. The van der Waals surface area contributed by atoms with E-state index in [4.69, 9.17) is 15.2 Å². The Hall–Kier alpha value is -1.26. The van der Waals surface area contributed by atoms with Gasteiger partial charge in [-0.3, -0.25) is 0 Å². The van der Waals surface area contributed by atoms with E-state index in [1.807, 2.05) is 12.1 Å². The Labute approximate surface area is 127 Å². The van der Waals surface area contributed by atoms with E-state index in [-0.39, 0.29) is 6.04 Å². The molecular weight excluding hydrogens is 264 g/mol. The van der Waals surface area contributed by atoms with Crippen LogP contribution in [0.1, 0.15) is 43.7 Å². The van der Waals surface area contributed by atoms with Gasteiger partial charge in [-0.2, -0.15) is 0 Å². The molecule has 2 heterocycles. The van der Waals surface area contributed by atoms with Crippen LogP contribution >= 0.6 is 0 Å². The molecule has 2 aliphatic rings. The van der Waals surface area contributed by atoms with Gasteiger partial charge < -0.3 is 20.1 Å². The molecule has 0 spiro atoms. The molecule has 4 heteroatoms. The summed E-state index contributed by atoms with van der Waals surface area (Å²) in [6, 6.07) is 6.17. The van der Waals surface area contributed by atoms with Crippen LogP contribution < -0.4 is 15.2 Å². The summed E-state index contributed by atoms with van der Waals surface area (Å²) >= 11 is 0. The zero-order chi connectivity index (χ0) is 14.5. The van der Waals surface area contributed by atoms with Gasteiger partial charge in [-0.1, -0.05) is 18.9 Å². The van der Waals surface area contributed by atoms with Gasteiger partial charge in [0, 0.05) is 6.04 Å². The molecule has 0 aromatic heterocycles. The minimum Gasteiger partial charge on any atom is -0.486 e. The Bertz CT molecular complexity index is 456. The normalized spacial score (nSPS) is 20.8. The number of fused-ring (bicyclic) bond motifs is 1. The maximum absolute atomic E-state index is 6.36. The molecule has 0 aliphatic carbocycles. The average Bonchev–Trinajstić information content (AvgIpc) is 2.81. The SMILES string of the molecule is NC(CCN1CCCCCC1)c1ccc2c(c1)OCCO2. The quantitative estimate of drug-likeness (QED) is 0.926. The molecule has 1 unspecified atom stereocenters. The molecule has 2 N–H and O–H groups in total. The van der Waals surface area contributed by atoms with Gasteiger partial charge in [-0.15, -0.1) is 0 Å². The zero-order valence-corrected chi connectivity index (χ0v) is 12.7. The molecule has 21 heavy (non-hydrogen) atoms. The standard InChI is InChI=1S/C17H26N2O2/c18-15(7-10-19-8-3-1-2-4-9-19)14-5-6-16-17(13-14)21-12-11-20-16/h5-6,13,15H,1-4,7-12,18H2. The summed E-state index contributed by atoms with van der Waals surface area (Å²) in [5.74, 6) is 1.67. The summed E-state index contributed by atoms with van der Waals surface area (Å²) in [7, 11) is 0.